The third kappa shape index (κ3) is 4.11. The Labute approximate surface area is 142 Å². The van der Waals surface area contributed by atoms with Crippen LogP contribution in [0.2, 0.25) is 0 Å². The monoisotopic (exact) mass is 323 g/mol. The van der Waals surface area contributed by atoms with E-state index < -0.39 is 5.97 Å². The van der Waals surface area contributed by atoms with Gasteiger partial charge in [0.25, 0.3) is 0 Å². The van der Waals surface area contributed by atoms with Gasteiger partial charge in [0, 0.05) is 24.1 Å². The molecule has 0 aliphatic heterocycles. The molecule has 5 heteroatoms. The summed E-state index contributed by atoms with van der Waals surface area (Å²) in [5.74, 6) is -0.636. The van der Waals surface area contributed by atoms with E-state index in [1.807, 2.05) is 32.0 Å². The van der Waals surface area contributed by atoms with Crippen LogP contribution in [0.1, 0.15) is 36.0 Å². The van der Waals surface area contributed by atoms with E-state index in [1.165, 1.54) is 0 Å². The van der Waals surface area contributed by atoms with Crippen molar-refractivity contribution in [3.8, 4) is 6.07 Å². The summed E-state index contributed by atoms with van der Waals surface area (Å²) in [6.07, 6.45) is 4.25. The Morgan fingerprint density at radius 3 is 2.83 bits per heavy atom. The molecular formula is C19H21N3O2. The summed E-state index contributed by atoms with van der Waals surface area (Å²) in [6, 6.07) is 9.29. The average molecular weight is 323 g/mol. The molecule has 124 valence electrons. The van der Waals surface area contributed by atoms with E-state index >= 15 is 0 Å². The van der Waals surface area contributed by atoms with Crippen molar-refractivity contribution >= 4 is 12.0 Å². The van der Waals surface area contributed by atoms with Crippen LogP contribution >= 0.6 is 0 Å². The fourth-order valence-corrected chi connectivity index (χ4v) is 2.53. The normalized spacial score (nSPS) is 11.2. The number of pyridine rings is 1. The molecule has 24 heavy (non-hydrogen) atoms. The molecule has 0 saturated heterocycles. The standard InChI is InChI=1S/C19H21N3O2/c1-4-9-22-14(2)10-16(15(22)3)11-17(12-20)19(23)24-13-18-7-5-6-8-21-18/h5-8,10-11H,4,9,13H2,1-3H3/b17-11+. The summed E-state index contributed by atoms with van der Waals surface area (Å²) >= 11 is 0. The highest BCUT2D eigenvalue weighted by atomic mass is 16.5. The van der Waals surface area contributed by atoms with Crippen LogP contribution < -0.4 is 0 Å². The van der Waals surface area contributed by atoms with Crippen LogP contribution in [0, 0.1) is 25.2 Å². The number of nitriles is 1. The van der Waals surface area contributed by atoms with Gasteiger partial charge in [-0.25, -0.2) is 4.79 Å². The number of nitrogens with zero attached hydrogens (tertiary/aromatic N) is 3. The number of hydrogen-bond donors (Lipinski definition) is 0. The van der Waals surface area contributed by atoms with Gasteiger partial charge in [-0.3, -0.25) is 4.98 Å². The Balaban J connectivity index is 2.16. The van der Waals surface area contributed by atoms with Crippen LogP contribution in [-0.2, 0) is 22.7 Å². The fourth-order valence-electron chi connectivity index (χ4n) is 2.53. The van der Waals surface area contributed by atoms with Gasteiger partial charge < -0.3 is 9.30 Å². The van der Waals surface area contributed by atoms with Crippen molar-refractivity contribution < 1.29 is 9.53 Å². The highest BCUT2D eigenvalue weighted by molar-refractivity contribution is 5.98. The molecule has 0 aromatic carbocycles. The maximum Gasteiger partial charge on any atom is 0.349 e. The predicted octanol–water partition coefficient (Wildman–Crippen LogP) is 3.56. The number of aryl methyl sites for hydroxylation is 1. The first-order valence-corrected chi connectivity index (χ1v) is 7.92. The van der Waals surface area contributed by atoms with Crippen LogP contribution in [0.3, 0.4) is 0 Å². The molecular weight excluding hydrogens is 302 g/mol. The highest BCUT2D eigenvalue weighted by Crippen LogP contribution is 2.19. The first kappa shape index (κ1) is 17.5. The van der Waals surface area contributed by atoms with Gasteiger partial charge in [-0.2, -0.15) is 5.26 Å². The quantitative estimate of drug-likeness (QED) is 0.463. The van der Waals surface area contributed by atoms with E-state index in [0.717, 1.165) is 29.9 Å². The highest BCUT2D eigenvalue weighted by Gasteiger charge is 2.14. The van der Waals surface area contributed by atoms with E-state index in [1.54, 1.807) is 24.4 Å². The second-order valence-electron chi connectivity index (χ2n) is 5.55. The lowest BCUT2D eigenvalue weighted by atomic mass is 10.1. The summed E-state index contributed by atoms with van der Waals surface area (Å²) in [5, 5.41) is 9.28. The van der Waals surface area contributed by atoms with E-state index in [4.69, 9.17) is 4.74 Å². The Kier molecular flexibility index (Phi) is 5.91. The molecule has 0 saturated carbocycles. The minimum absolute atomic E-state index is 0.0114. The molecule has 2 aromatic heterocycles. The molecule has 2 heterocycles. The molecule has 0 radical (unpaired) electrons. The molecule has 0 atom stereocenters. The van der Waals surface area contributed by atoms with Crippen molar-refractivity contribution in [2.45, 2.75) is 40.3 Å². The number of esters is 1. The molecule has 0 unspecified atom stereocenters. The molecule has 0 aliphatic rings. The van der Waals surface area contributed by atoms with Gasteiger partial charge in [0.15, 0.2) is 0 Å². The van der Waals surface area contributed by atoms with Crippen LogP contribution in [0.15, 0.2) is 36.0 Å². The summed E-state index contributed by atoms with van der Waals surface area (Å²) < 4.78 is 7.36. The smallest absolute Gasteiger partial charge is 0.349 e. The van der Waals surface area contributed by atoms with Crippen LogP contribution in [-0.4, -0.2) is 15.5 Å². The molecule has 0 aliphatic carbocycles. The molecule has 5 nitrogen and oxygen atoms in total. The van der Waals surface area contributed by atoms with Crippen molar-refractivity contribution in [1.82, 2.24) is 9.55 Å². The number of hydrogen-bond acceptors (Lipinski definition) is 4. The zero-order valence-corrected chi connectivity index (χ0v) is 14.2. The van der Waals surface area contributed by atoms with Crippen LogP contribution in [0.5, 0.6) is 0 Å². The molecule has 0 N–H and O–H groups in total. The van der Waals surface area contributed by atoms with Crippen LogP contribution in [0.4, 0.5) is 0 Å². The van der Waals surface area contributed by atoms with Gasteiger partial charge in [0.1, 0.15) is 18.2 Å². The Morgan fingerprint density at radius 2 is 2.21 bits per heavy atom. The number of rotatable bonds is 6. The summed E-state index contributed by atoms with van der Waals surface area (Å²) in [6.45, 7) is 7.09. The second kappa shape index (κ2) is 8.11. The van der Waals surface area contributed by atoms with Crippen LogP contribution in [0.25, 0.3) is 6.08 Å². The molecule has 0 spiro atoms. The summed E-state index contributed by atoms with van der Waals surface area (Å²) in [7, 11) is 0. The fraction of sp³-hybridized carbons (Fsp3) is 0.316. The Bertz CT molecular complexity index is 783. The lowest BCUT2D eigenvalue weighted by Crippen LogP contribution is -2.07. The Hall–Kier alpha value is -2.87. The largest absolute Gasteiger partial charge is 0.455 e. The van der Waals surface area contributed by atoms with E-state index in [2.05, 4.69) is 16.5 Å². The van der Waals surface area contributed by atoms with Crippen molar-refractivity contribution in [1.29, 1.82) is 5.26 Å². The molecule has 2 rings (SSSR count). The molecule has 0 fully saturated rings. The third-order valence-electron chi connectivity index (χ3n) is 3.78. The Morgan fingerprint density at radius 1 is 1.42 bits per heavy atom. The number of carbonyl (C=O) groups excluding carboxylic acids is 1. The predicted molar refractivity (Wildman–Crippen MR) is 91.8 cm³/mol. The lowest BCUT2D eigenvalue weighted by molar-refractivity contribution is -0.139. The zero-order chi connectivity index (χ0) is 17.5. The van der Waals surface area contributed by atoms with Gasteiger partial charge in [-0.1, -0.05) is 13.0 Å². The summed E-state index contributed by atoms with van der Waals surface area (Å²) in [5.41, 5.74) is 3.65. The van der Waals surface area contributed by atoms with Gasteiger partial charge in [-0.15, -0.1) is 0 Å². The van der Waals surface area contributed by atoms with Gasteiger partial charge in [0.05, 0.1) is 5.69 Å². The second-order valence-corrected chi connectivity index (χ2v) is 5.55. The van der Waals surface area contributed by atoms with Crippen molar-refractivity contribution in [2.24, 2.45) is 0 Å². The van der Waals surface area contributed by atoms with E-state index in [0.29, 0.717) is 5.69 Å². The molecule has 0 amide bonds. The third-order valence-corrected chi connectivity index (χ3v) is 3.78. The zero-order valence-electron chi connectivity index (χ0n) is 14.2. The van der Waals surface area contributed by atoms with Crippen molar-refractivity contribution in [2.75, 3.05) is 0 Å². The van der Waals surface area contributed by atoms with Crippen molar-refractivity contribution in [3.05, 3.63) is 58.7 Å². The molecule has 2 aromatic rings. The van der Waals surface area contributed by atoms with E-state index in [9.17, 15) is 10.1 Å². The number of ether oxygens (including phenoxy) is 1. The molecule has 0 bridgehead atoms. The average Bonchev–Trinajstić information content (AvgIpc) is 2.86. The van der Waals surface area contributed by atoms with Crippen molar-refractivity contribution in [3.63, 3.8) is 0 Å². The van der Waals surface area contributed by atoms with Gasteiger partial charge in [-0.05, 0) is 50.1 Å². The maximum atomic E-state index is 12.1. The minimum Gasteiger partial charge on any atom is -0.455 e. The lowest BCUT2D eigenvalue weighted by Gasteiger charge is -2.07. The van der Waals surface area contributed by atoms with E-state index in [-0.39, 0.29) is 12.2 Å². The SMILES string of the molecule is CCCn1c(C)cc(/C=C(\C#N)C(=O)OCc2ccccn2)c1C. The first-order chi connectivity index (χ1) is 11.6. The van der Waals surface area contributed by atoms with Gasteiger partial charge >= 0.3 is 5.97 Å². The maximum absolute atomic E-state index is 12.1. The summed E-state index contributed by atoms with van der Waals surface area (Å²) in [4.78, 5) is 16.2. The minimum atomic E-state index is -0.636. The first-order valence-electron chi connectivity index (χ1n) is 7.92. The van der Waals surface area contributed by atoms with Gasteiger partial charge in [0.2, 0.25) is 0 Å². The number of aromatic nitrogens is 2. The topological polar surface area (TPSA) is 67.9 Å². The number of carbonyl (C=O) groups is 1.